The fraction of sp³-hybridized carbons (Fsp3) is 0.558. The standard InChI is InChI=1S/C43H64N2O/c1-6-7-8-9-10-11-12-13-14-15-16-17-18-25-33-45(43(37-27-21-19-22-28-37)38-29-23-20-24-30-38)34-41(46)44-42-39(35(2)3)31-26-32-40(42)36(4)5/h19-24,26-32,35-36,43H,6-18,25,33-34H2,1-5H3,(H,44,46). The summed E-state index contributed by atoms with van der Waals surface area (Å²) in [5.41, 5.74) is 5.89. The molecule has 1 amide bonds. The molecule has 0 unspecified atom stereocenters. The minimum absolute atomic E-state index is 0.0278. The van der Waals surface area contributed by atoms with E-state index in [0.717, 1.165) is 18.7 Å². The number of anilines is 1. The van der Waals surface area contributed by atoms with Crippen molar-refractivity contribution in [1.29, 1.82) is 0 Å². The molecule has 3 aromatic rings. The molecule has 3 rings (SSSR count). The van der Waals surface area contributed by atoms with Gasteiger partial charge in [-0.05, 0) is 47.1 Å². The Morgan fingerprint density at radius 1 is 0.565 bits per heavy atom. The van der Waals surface area contributed by atoms with E-state index in [9.17, 15) is 4.79 Å². The lowest BCUT2D eigenvalue weighted by atomic mass is 9.92. The number of benzene rings is 3. The Balaban J connectivity index is 1.63. The highest BCUT2D eigenvalue weighted by Crippen LogP contribution is 2.33. The van der Waals surface area contributed by atoms with Gasteiger partial charge in [0.05, 0.1) is 12.6 Å². The summed E-state index contributed by atoms with van der Waals surface area (Å²) >= 11 is 0. The first-order valence-electron chi connectivity index (χ1n) is 18.7. The summed E-state index contributed by atoms with van der Waals surface area (Å²) in [6, 6.07) is 27.9. The molecule has 0 heterocycles. The van der Waals surface area contributed by atoms with Gasteiger partial charge in [-0.25, -0.2) is 0 Å². The first-order chi connectivity index (χ1) is 22.4. The smallest absolute Gasteiger partial charge is 0.238 e. The molecule has 0 aliphatic rings. The second kappa shape index (κ2) is 21.8. The summed E-state index contributed by atoms with van der Waals surface area (Å²) in [7, 11) is 0. The molecular formula is C43H64N2O. The Bertz CT molecular complexity index is 1150. The molecule has 0 spiro atoms. The first-order valence-corrected chi connectivity index (χ1v) is 18.7. The van der Waals surface area contributed by atoms with Crippen LogP contribution in [0.1, 0.15) is 165 Å². The van der Waals surface area contributed by atoms with Crippen molar-refractivity contribution in [1.82, 2.24) is 4.90 Å². The highest BCUT2D eigenvalue weighted by Gasteiger charge is 2.25. The molecule has 0 aliphatic carbocycles. The quantitative estimate of drug-likeness (QED) is 0.106. The van der Waals surface area contributed by atoms with Crippen LogP contribution in [0, 0.1) is 0 Å². The number of nitrogens with zero attached hydrogens (tertiary/aromatic N) is 1. The summed E-state index contributed by atoms with van der Waals surface area (Å²) in [5.74, 6) is 0.737. The van der Waals surface area contributed by atoms with Crippen molar-refractivity contribution < 1.29 is 4.79 Å². The van der Waals surface area contributed by atoms with E-state index in [-0.39, 0.29) is 11.9 Å². The van der Waals surface area contributed by atoms with Crippen LogP contribution in [-0.2, 0) is 4.79 Å². The number of carbonyl (C=O) groups excluding carboxylic acids is 1. The molecule has 0 saturated heterocycles. The van der Waals surface area contributed by atoms with Crippen LogP contribution in [0.25, 0.3) is 0 Å². The van der Waals surface area contributed by atoms with E-state index in [4.69, 9.17) is 0 Å². The third-order valence-corrected chi connectivity index (χ3v) is 9.38. The van der Waals surface area contributed by atoms with Crippen LogP contribution in [-0.4, -0.2) is 23.9 Å². The van der Waals surface area contributed by atoms with Crippen molar-refractivity contribution in [2.75, 3.05) is 18.4 Å². The average molecular weight is 625 g/mol. The van der Waals surface area contributed by atoms with Crippen LogP contribution in [0.2, 0.25) is 0 Å². The van der Waals surface area contributed by atoms with E-state index in [1.54, 1.807) is 0 Å². The van der Waals surface area contributed by atoms with Gasteiger partial charge in [-0.1, -0.05) is 197 Å². The molecule has 252 valence electrons. The number of carbonyl (C=O) groups is 1. The Kier molecular flexibility index (Phi) is 17.8. The van der Waals surface area contributed by atoms with E-state index in [2.05, 4.69) is 124 Å². The Hall–Kier alpha value is -2.91. The van der Waals surface area contributed by atoms with Crippen molar-refractivity contribution in [2.24, 2.45) is 0 Å². The Labute approximate surface area is 282 Å². The highest BCUT2D eigenvalue weighted by atomic mass is 16.2. The van der Waals surface area contributed by atoms with Gasteiger partial charge in [0, 0.05) is 5.69 Å². The van der Waals surface area contributed by atoms with Gasteiger partial charge in [0.25, 0.3) is 0 Å². The van der Waals surface area contributed by atoms with E-state index in [0.29, 0.717) is 18.4 Å². The van der Waals surface area contributed by atoms with Gasteiger partial charge in [-0.3, -0.25) is 9.69 Å². The van der Waals surface area contributed by atoms with Crippen molar-refractivity contribution in [3.05, 3.63) is 101 Å². The molecule has 0 radical (unpaired) electrons. The molecule has 3 aromatic carbocycles. The van der Waals surface area contributed by atoms with Gasteiger partial charge in [0.1, 0.15) is 0 Å². The molecule has 3 nitrogen and oxygen atoms in total. The Morgan fingerprint density at radius 2 is 0.978 bits per heavy atom. The number of nitrogens with one attached hydrogen (secondary N) is 1. The third-order valence-electron chi connectivity index (χ3n) is 9.38. The van der Waals surface area contributed by atoms with E-state index in [1.165, 1.54) is 106 Å². The van der Waals surface area contributed by atoms with Crippen LogP contribution in [0.4, 0.5) is 5.69 Å². The van der Waals surface area contributed by atoms with Gasteiger partial charge < -0.3 is 5.32 Å². The highest BCUT2D eigenvalue weighted by molar-refractivity contribution is 5.94. The van der Waals surface area contributed by atoms with E-state index in [1.807, 2.05) is 0 Å². The zero-order valence-electron chi connectivity index (χ0n) is 29.9. The summed E-state index contributed by atoms with van der Waals surface area (Å²) < 4.78 is 0. The lowest BCUT2D eigenvalue weighted by Gasteiger charge is -2.32. The summed E-state index contributed by atoms with van der Waals surface area (Å²) in [6.45, 7) is 12.4. The molecule has 1 N–H and O–H groups in total. The molecule has 46 heavy (non-hydrogen) atoms. The molecule has 0 fully saturated rings. The third kappa shape index (κ3) is 13.1. The van der Waals surface area contributed by atoms with E-state index >= 15 is 0 Å². The maximum atomic E-state index is 13.9. The van der Waals surface area contributed by atoms with Gasteiger partial charge >= 0.3 is 0 Å². The fourth-order valence-electron chi connectivity index (χ4n) is 6.75. The number of hydrogen-bond acceptors (Lipinski definition) is 2. The van der Waals surface area contributed by atoms with Crippen LogP contribution in [0.15, 0.2) is 78.9 Å². The minimum atomic E-state index is 0.0278. The second-order valence-corrected chi connectivity index (χ2v) is 14.0. The van der Waals surface area contributed by atoms with Crippen LogP contribution in [0.3, 0.4) is 0 Å². The van der Waals surface area contributed by atoms with Crippen LogP contribution >= 0.6 is 0 Å². The Morgan fingerprint density at radius 3 is 1.39 bits per heavy atom. The number of unbranched alkanes of at least 4 members (excludes halogenated alkanes) is 13. The summed E-state index contributed by atoms with van der Waals surface area (Å²) in [6.07, 6.45) is 18.8. The summed E-state index contributed by atoms with van der Waals surface area (Å²) in [4.78, 5) is 16.3. The SMILES string of the molecule is CCCCCCCCCCCCCCCCN(CC(=O)Nc1c(C(C)C)cccc1C(C)C)C(c1ccccc1)c1ccccc1. The lowest BCUT2D eigenvalue weighted by molar-refractivity contribution is -0.117. The van der Waals surface area contributed by atoms with Gasteiger partial charge in [-0.15, -0.1) is 0 Å². The van der Waals surface area contributed by atoms with Crippen LogP contribution in [0.5, 0.6) is 0 Å². The lowest BCUT2D eigenvalue weighted by Crippen LogP contribution is -2.38. The zero-order valence-corrected chi connectivity index (χ0v) is 29.9. The van der Waals surface area contributed by atoms with Gasteiger partial charge in [0.15, 0.2) is 0 Å². The van der Waals surface area contributed by atoms with Crippen molar-refractivity contribution in [2.45, 2.75) is 142 Å². The predicted molar refractivity (Wildman–Crippen MR) is 200 cm³/mol. The molecule has 0 saturated carbocycles. The molecule has 0 atom stereocenters. The fourth-order valence-corrected chi connectivity index (χ4v) is 6.75. The number of amides is 1. The van der Waals surface area contributed by atoms with Crippen molar-refractivity contribution in [3.63, 3.8) is 0 Å². The number of hydrogen-bond donors (Lipinski definition) is 1. The molecule has 0 aliphatic heterocycles. The van der Waals surface area contributed by atoms with E-state index < -0.39 is 0 Å². The predicted octanol–water partition coefficient (Wildman–Crippen LogP) is 12.4. The average Bonchev–Trinajstić information content (AvgIpc) is 3.05. The molecule has 0 bridgehead atoms. The number of para-hydroxylation sites is 1. The molecular weight excluding hydrogens is 560 g/mol. The van der Waals surface area contributed by atoms with Crippen molar-refractivity contribution >= 4 is 11.6 Å². The van der Waals surface area contributed by atoms with Gasteiger partial charge in [-0.2, -0.15) is 0 Å². The van der Waals surface area contributed by atoms with Crippen molar-refractivity contribution in [3.8, 4) is 0 Å². The molecule has 3 heteroatoms. The summed E-state index contributed by atoms with van der Waals surface area (Å²) in [5, 5.41) is 3.40. The normalized spacial score (nSPS) is 11.7. The maximum Gasteiger partial charge on any atom is 0.238 e. The first kappa shape index (κ1) is 37.5. The largest absolute Gasteiger partial charge is 0.324 e. The molecule has 0 aromatic heterocycles. The van der Waals surface area contributed by atoms with Crippen LogP contribution < -0.4 is 5.32 Å². The second-order valence-electron chi connectivity index (χ2n) is 14.0. The monoisotopic (exact) mass is 625 g/mol. The topological polar surface area (TPSA) is 32.3 Å². The van der Waals surface area contributed by atoms with Gasteiger partial charge in [0.2, 0.25) is 5.91 Å². The maximum absolute atomic E-state index is 13.9. The number of rotatable bonds is 23. The zero-order chi connectivity index (χ0) is 33.0. The minimum Gasteiger partial charge on any atom is -0.324 e.